The second kappa shape index (κ2) is 9.13. The van der Waals surface area contributed by atoms with Crippen molar-refractivity contribution >= 4 is 29.8 Å². The van der Waals surface area contributed by atoms with E-state index in [1.165, 1.54) is 6.92 Å². The summed E-state index contributed by atoms with van der Waals surface area (Å²) >= 11 is 0. The van der Waals surface area contributed by atoms with Crippen molar-refractivity contribution < 1.29 is 19.2 Å². The first kappa shape index (κ1) is 21.6. The number of aliphatic imine (C=N–C) groups is 1. The maximum absolute atomic E-state index is 12.5. The van der Waals surface area contributed by atoms with Crippen molar-refractivity contribution in [2.45, 2.75) is 32.9 Å². The molecule has 0 unspecified atom stereocenters. The van der Waals surface area contributed by atoms with E-state index in [9.17, 15) is 9.90 Å². The molecule has 0 saturated heterocycles. The Kier molecular flexibility index (Phi) is 6.57. The molecule has 2 aromatic carbocycles. The lowest BCUT2D eigenvalue weighted by atomic mass is 10.1. The molecule has 1 aromatic heterocycles. The van der Waals surface area contributed by atoms with Crippen LogP contribution in [0.3, 0.4) is 0 Å². The Morgan fingerprint density at radius 3 is 2.50 bits per heavy atom. The number of fused-ring (bicyclic) bond motifs is 1. The summed E-state index contributed by atoms with van der Waals surface area (Å²) < 4.78 is 9.52. The summed E-state index contributed by atoms with van der Waals surface area (Å²) in [6.45, 7) is 2.66. The highest BCUT2D eigenvalue weighted by molar-refractivity contribution is 5.94. The molecule has 0 N–H and O–H groups in total. The molecule has 1 aliphatic heterocycles. The minimum absolute atomic E-state index is 0. The van der Waals surface area contributed by atoms with Crippen LogP contribution in [0.2, 0.25) is 0 Å². The molecule has 0 fully saturated rings. The smallest absolute Gasteiger partial charge is 0.257 e. The van der Waals surface area contributed by atoms with Gasteiger partial charge < -0.3 is 9.84 Å². The van der Waals surface area contributed by atoms with Crippen molar-refractivity contribution in [2.75, 3.05) is 7.11 Å². The number of rotatable bonds is 6. The molecule has 1 aliphatic rings. The summed E-state index contributed by atoms with van der Waals surface area (Å²) in [6.07, 6.45) is 4.04. The zero-order chi connectivity index (χ0) is 20.4. The third kappa shape index (κ3) is 4.39. The lowest BCUT2D eigenvalue weighted by Gasteiger charge is -2.09. The van der Waals surface area contributed by atoms with Crippen molar-refractivity contribution in [1.82, 2.24) is 4.57 Å². The van der Waals surface area contributed by atoms with Crippen LogP contribution in [0, 0.1) is 0 Å². The van der Waals surface area contributed by atoms with Gasteiger partial charge in [0.2, 0.25) is 0 Å². The topological polar surface area (TPSA) is 70.5 Å². The zero-order valence-electron chi connectivity index (χ0n) is 17.0. The fourth-order valence-electron chi connectivity index (χ4n) is 3.73. The number of hydrogen-bond donors (Lipinski definition) is 0. The quantitative estimate of drug-likeness (QED) is 0.264. The Bertz CT molecular complexity index is 1070. The van der Waals surface area contributed by atoms with Crippen LogP contribution in [-0.4, -0.2) is 23.4 Å². The van der Waals surface area contributed by atoms with E-state index in [0.29, 0.717) is 11.3 Å². The molecule has 0 spiro atoms. The first-order chi connectivity index (χ1) is 14.0. The highest BCUT2D eigenvalue weighted by atomic mass is 35.5. The Morgan fingerprint density at radius 2 is 1.87 bits per heavy atom. The molecule has 156 valence electrons. The number of carbonyl (C=O) groups excluding carboxylic acids is 1. The SMILES string of the molecule is COc1ccc(-c2c[n+](CC([O-])=Nc3ccc(C(C)=O)cc3)c3n2CCC3)cc1.Cl. The number of imidazole rings is 1. The van der Waals surface area contributed by atoms with Crippen molar-refractivity contribution in [2.24, 2.45) is 4.99 Å². The molecule has 0 radical (unpaired) electrons. The predicted octanol–water partition coefficient (Wildman–Crippen LogP) is 3.11. The number of methoxy groups -OCH3 is 1. The summed E-state index contributed by atoms with van der Waals surface area (Å²) in [6, 6.07) is 14.7. The van der Waals surface area contributed by atoms with Crippen LogP contribution in [-0.2, 0) is 19.5 Å². The van der Waals surface area contributed by atoms with Crippen LogP contribution in [0.1, 0.15) is 29.5 Å². The molecular formula is C23H24ClN3O3. The molecule has 0 bridgehead atoms. The molecule has 4 rings (SSSR count). The van der Waals surface area contributed by atoms with Gasteiger partial charge in [-0.15, -0.1) is 12.4 Å². The zero-order valence-corrected chi connectivity index (χ0v) is 17.8. The number of halogens is 1. The first-order valence-electron chi connectivity index (χ1n) is 9.67. The van der Waals surface area contributed by atoms with E-state index < -0.39 is 0 Å². The van der Waals surface area contributed by atoms with Crippen molar-refractivity contribution in [1.29, 1.82) is 0 Å². The normalized spacial score (nSPS) is 12.9. The number of benzene rings is 2. The largest absolute Gasteiger partial charge is 0.859 e. The molecule has 3 aromatic rings. The van der Waals surface area contributed by atoms with E-state index in [-0.39, 0.29) is 30.6 Å². The summed E-state index contributed by atoms with van der Waals surface area (Å²) in [7, 11) is 1.65. The van der Waals surface area contributed by atoms with Gasteiger partial charge in [0.1, 0.15) is 18.5 Å². The van der Waals surface area contributed by atoms with Crippen molar-refractivity contribution in [3.63, 3.8) is 0 Å². The average Bonchev–Trinajstić information content (AvgIpc) is 3.32. The van der Waals surface area contributed by atoms with Gasteiger partial charge >= 0.3 is 0 Å². The predicted molar refractivity (Wildman–Crippen MR) is 116 cm³/mol. The molecule has 2 heterocycles. The van der Waals surface area contributed by atoms with Gasteiger partial charge in [-0.2, -0.15) is 0 Å². The van der Waals surface area contributed by atoms with Gasteiger partial charge in [-0.3, -0.25) is 9.79 Å². The fourth-order valence-corrected chi connectivity index (χ4v) is 3.73. The van der Waals surface area contributed by atoms with E-state index >= 15 is 0 Å². The molecule has 0 aliphatic carbocycles. The minimum Gasteiger partial charge on any atom is -0.859 e. The maximum atomic E-state index is 12.5. The second-order valence-corrected chi connectivity index (χ2v) is 7.15. The van der Waals surface area contributed by atoms with E-state index in [1.807, 2.05) is 35.0 Å². The summed E-state index contributed by atoms with van der Waals surface area (Å²) in [5.74, 6) is 1.74. The lowest BCUT2D eigenvalue weighted by Crippen LogP contribution is -2.43. The Hall–Kier alpha value is -3.12. The van der Waals surface area contributed by atoms with Gasteiger partial charge in [0.15, 0.2) is 11.5 Å². The Morgan fingerprint density at radius 1 is 1.17 bits per heavy atom. The van der Waals surface area contributed by atoms with Crippen LogP contribution in [0.15, 0.2) is 59.7 Å². The van der Waals surface area contributed by atoms with E-state index in [4.69, 9.17) is 4.74 Å². The van der Waals surface area contributed by atoms with Gasteiger partial charge in [0.25, 0.3) is 5.82 Å². The number of nitrogens with zero attached hydrogens (tertiary/aromatic N) is 3. The Labute approximate surface area is 181 Å². The number of Topliss-reactive ketones (excluding diaryl/α,β-unsaturated/α-hetero) is 1. The molecule has 30 heavy (non-hydrogen) atoms. The highest BCUT2D eigenvalue weighted by Gasteiger charge is 2.28. The monoisotopic (exact) mass is 425 g/mol. The number of ether oxygens (including phenoxy) is 1. The maximum Gasteiger partial charge on any atom is 0.257 e. The first-order valence-corrected chi connectivity index (χ1v) is 9.67. The van der Waals surface area contributed by atoms with E-state index in [2.05, 4.69) is 9.56 Å². The standard InChI is InChI=1S/C23H23N3O3.ClH/c1-16(27)17-5-9-19(10-6-17)24-22(28)15-25-14-21(26-13-3-4-23(25)26)18-7-11-20(29-2)12-8-18;/h5-12,14H,3-4,13,15H2,1-2H3;1H. The highest BCUT2D eigenvalue weighted by Crippen LogP contribution is 2.26. The third-order valence-corrected chi connectivity index (χ3v) is 5.21. The number of ketones is 1. The molecule has 0 atom stereocenters. The van der Waals surface area contributed by atoms with Crippen molar-refractivity contribution in [3.8, 4) is 17.0 Å². The molecule has 0 saturated carbocycles. The Balaban J connectivity index is 0.00000256. The van der Waals surface area contributed by atoms with Gasteiger partial charge in [-0.1, -0.05) is 0 Å². The van der Waals surface area contributed by atoms with Crippen LogP contribution in [0.4, 0.5) is 5.69 Å². The van der Waals surface area contributed by atoms with Crippen LogP contribution in [0.25, 0.3) is 11.3 Å². The molecule has 0 amide bonds. The third-order valence-electron chi connectivity index (χ3n) is 5.21. The van der Waals surface area contributed by atoms with E-state index in [0.717, 1.165) is 42.2 Å². The fraction of sp³-hybridized carbons (Fsp3) is 0.261. The van der Waals surface area contributed by atoms with Gasteiger partial charge in [-0.05, 0) is 61.9 Å². The van der Waals surface area contributed by atoms with Crippen LogP contribution in [0.5, 0.6) is 5.75 Å². The van der Waals surface area contributed by atoms with Gasteiger partial charge in [0.05, 0.1) is 25.8 Å². The molecular weight excluding hydrogens is 402 g/mol. The summed E-state index contributed by atoms with van der Waals surface area (Å²) in [5, 5.41) is 12.5. The van der Waals surface area contributed by atoms with Crippen LogP contribution < -0.4 is 14.4 Å². The average molecular weight is 426 g/mol. The summed E-state index contributed by atoms with van der Waals surface area (Å²) in [5.41, 5.74) is 3.36. The minimum atomic E-state index is -0.216. The lowest BCUT2D eigenvalue weighted by molar-refractivity contribution is -0.693. The second-order valence-electron chi connectivity index (χ2n) is 7.15. The number of hydrogen-bond acceptors (Lipinski definition) is 4. The molecule has 7 heteroatoms. The number of aromatic nitrogens is 2. The van der Waals surface area contributed by atoms with E-state index in [1.54, 1.807) is 31.4 Å². The molecule has 6 nitrogen and oxygen atoms in total. The number of carbonyl (C=O) groups is 1. The van der Waals surface area contributed by atoms with Gasteiger partial charge in [0, 0.05) is 17.0 Å². The summed E-state index contributed by atoms with van der Waals surface area (Å²) in [4.78, 5) is 15.6. The van der Waals surface area contributed by atoms with Crippen molar-refractivity contribution in [3.05, 3.63) is 66.1 Å². The van der Waals surface area contributed by atoms with Crippen LogP contribution >= 0.6 is 12.4 Å². The van der Waals surface area contributed by atoms with Gasteiger partial charge in [-0.25, -0.2) is 9.13 Å².